The van der Waals surface area contributed by atoms with Gasteiger partial charge in [-0.15, -0.1) is 0 Å². The van der Waals surface area contributed by atoms with E-state index in [-0.39, 0.29) is 5.41 Å². The maximum Gasteiger partial charge on any atom is 0.412 e. The monoisotopic (exact) mass is 426 g/mol. The Kier molecular flexibility index (Phi) is 7.04. The highest BCUT2D eigenvalue weighted by molar-refractivity contribution is 5.85. The molecule has 6 nitrogen and oxygen atoms in total. The van der Waals surface area contributed by atoms with Gasteiger partial charge in [-0.2, -0.15) is 0 Å². The number of benzene rings is 2. The minimum absolute atomic E-state index is 0.378. The van der Waals surface area contributed by atoms with Crippen LogP contribution in [0, 0.1) is 0 Å². The average Bonchev–Trinajstić information content (AvgIpc) is 2.58. The number of carbonyl (C=O) groups is 2. The van der Waals surface area contributed by atoms with Crippen LogP contribution in [0.2, 0.25) is 0 Å². The molecule has 0 heterocycles. The molecular formula is C25H34N2O4. The lowest BCUT2D eigenvalue weighted by atomic mass is 9.78. The highest BCUT2D eigenvalue weighted by Crippen LogP contribution is 2.34. The summed E-state index contributed by atoms with van der Waals surface area (Å²) in [4.78, 5) is 24.2. The van der Waals surface area contributed by atoms with Gasteiger partial charge in [0.1, 0.15) is 11.2 Å². The molecule has 0 radical (unpaired) electrons. The number of carbonyl (C=O) groups excluding carboxylic acids is 2. The van der Waals surface area contributed by atoms with Crippen molar-refractivity contribution in [3.8, 4) is 0 Å². The molecule has 0 spiro atoms. The molecule has 0 fully saturated rings. The number of nitrogens with one attached hydrogen (secondary N) is 2. The lowest BCUT2D eigenvalue weighted by molar-refractivity contribution is 0.0624. The van der Waals surface area contributed by atoms with Crippen LogP contribution in [0.25, 0.3) is 0 Å². The van der Waals surface area contributed by atoms with Crippen molar-refractivity contribution in [1.82, 2.24) is 0 Å². The van der Waals surface area contributed by atoms with Crippen molar-refractivity contribution >= 4 is 23.6 Å². The van der Waals surface area contributed by atoms with E-state index in [1.807, 2.05) is 90.1 Å². The number of hydrogen-bond donors (Lipinski definition) is 2. The molecule has 168 valence electrons. The Morgan fingerprint density at radius 3 is 1.32 bits per heavy atom. The first-order valence-electron chi connectivity index (χ1n) is 10.4. The van der Waals surface area contributed by atoms with Crippen molar-refractivity contribution in [2.24, 2.45) is 0 Å². The molecule has 0 aliphatic rings. The third-order valence-electron chi connectivity index (χ3n) is 4.46. The van der Waals surface area contributed by atoms with Crippen molar-refractivity contribution in [1.29, 1.82) is 0 Å². The van der Waals surface area contributed by atoms with E-state index < -0.39 is 23.4 Å². The summed E-state index contributed by atoms with van der Waals surface area (Å²) in [7, 11) is 0. The molecule has 6 heteroatoms. The highest BCUT2D eigenvalue weighted by atomic mass is 16.6. The zero-order valence-corrected chi connectivity index (χ0v) is 19.8. The number of amides is 2. The predicted molar refractivity (Wildman–Crippen MR) is 125 cm³/mol. The number of ether oxygens (including phenoxy) is 2. The van der Waals surface area contributed by atoms with Gasteiger partial charge in [0.05, 0.1) is 0 Å². The van der Waals surface area contributed by atoms with Gasteiger partial charge < -0.3 is 9.47 Å². The van der Waals surface area contributed by atoms with E-state index in [1.165, 1.54) is 0 Å². The molecule has 0 aliphatic carbocycles. The summed E-state index contributed by atoms with van der Waals surface area (Å²) in [5.41, 5.74) is 1.82. The minimum atomic E-state index is -0.567. The van der Waals surface area contributed by atoms with Crippen LogP contribution in [-0.2, 0) is 14.9 Å². The molecular weight excluding hydrogens is 392 g/mol. The van der Waals surface area contributed by atoms with Crippen LogP contribution in [0.15, 0.2) is 48.5 Å². The SMILES string of the molecule is CC(C)(C)OC(=O)Nc1cccc(C(C)(C)c2cccc(NC(=O)OC(C)(C)C)c2)c1. The number of rotatable bonds is 4. The van der Waals surface area contributed by atoms with Gasteiger partial charge in [-0.05, 0) is 76.9 Å². The Labute approximate surface area is 185 Å². The van der Waals surface area contributed by atoms with Gasteiger partial charge in [-0.1, -0.05) is 38.1 Å². The van der Waals surface area contributed by atoms with Crippen LogP contribution in [0.4, 0.5) is 21.0 Å². The van der Waals surface area contributed by atoms with Gasteiger partial charge in [0.25, 0.3) is 0 Å². The van der Waals surface area contributed by atoms with E-state index in [9.17, 15) is 9.59 Å². The maximum absolute atomic E-state index is 12.1. The molecule has 0 unspecified atom stereocenters. The van der Waals surface area contributed by atoms with Crippen LogP contribution in [0.1, 0.15) is 66.5 Å². The largest absolute Gasteiger partial charge is 0.444 e. The predicted octanol–water partition coefficient (Wildman–Crippen LogP) is 6.71. The first-order chi connectivity index (χ1) is 14.2. The fraction of sp³-hybridized carbons (Fsp3) is 0.440. The molecule has 2 rings (SSSR count). The first-order valence-corrected chi connectivity index (χ1v) is 10.4. The quantitative estimate of drug-likeness (QED) is 0.570. The first kappa shape index (κ1) is 24.3. The summed E-state index contributed by atoms with van der Waals surface area (Å²) >= 11 is 0. The minimum Gasteiger partial charge on any atom is -0.444 e. The molecule has 0 atom stereocenters. The topological polar surface area (TPSA) is 76.7 Å². The Bertz CT molecular complexity index is 862. The second-order valence-corrected chi connectivity index (χ2v) is 10.0. The Morgan fingerprint density at radius 2 is 1.00 bits per heavy atom. The van der Waals surface area contributed by atoms with Gasteiger partial charge in [-0.3, -0.25) is 10.6 Å². The molecule has 0 aromatic heterocycles. The normalized spacial score (nSPS) is 12.1. The summed E-state index contributed by atoms with van der Waals surface area (Å²) in [6, 6.07) is 15.3. The smallest absolute Gasteiger partial charge is 0.412 e. The molecule has 2 N–H and O–H groups in total. The zero-order chi connectivity index (χ0) is 23.4. The van der Waals surface area contributed by atoms with E-state index in [1.54, 1.807) is 0 Å². The molecule has 0 saturated carbocycles. The highest BCUT2D eigenvalue weighted by Gasteiger charge is 2.25. The molecule has 0 saturated heterocycles. The van der Waals surface area contributed by atoms with Crippen molar-refractivity contribution in [2.75, 3.05) is 10.6 Å². The fourth-order valence-corrected chi connectivity index (χ4v) is 2.98. The summed E-state index contributed by atoms with van der Waals surface area (Å²) < 4.78 is 10.7. The summed E-state index contributed by atoms with van der Waals surface area (Å²) in [6.45, 7) is 15.1. The third-order valence-corrected chi connectivity index (χ3v) is 4.46. The maximum atomic E-state index is 12.1. The lowest BCUT2D eigenvalue weighted by Crippen LogP contribution is -2.27. The molecule has 31 heavy (non-hydrogen) atoms. The van der Waals surface area contributed by atoms with Crippen molar-refractivity contribution in [3.05, 3.63) is 59.7 Å². The lowest BCUT2D eigenvalue weighted by Gasteiger charge is -2.27. The van der Waals surface area contributed by atoms with Gasteiger partial charge in [0.15, 0.2) is 0 Å². The molecule has 2 amide bonds. The van der Waals surface area contributed by atoms with Crippen molar-refractivity contribution < 1.29 is 19.1 Å². The number of anilines is 2. The van der Waals surface area contributed by atoms with Crippen LogP contribution >= 0.6 is 0 Å². The number of hydrogen-bond acceptors (Lipinski definition) is 4. The van der Waals surface area contributed by atoms with Crippen LogP contribution < -0.4 is 10.6 Å². The third kappa shape index (κ3) is 7.63. The molecule has 2 aromatic carbocycles. The Balaban J connectivity index is 2.21. The van der Waals surface area contributed by atoms with Gasteiger partial charge in [0.2, 0.25) is 0 Å². The molecule has 0 aliphatic heterocycles. The van der Waals surface area contributed by atoms with Crippen LogP contribution in [0.3, 0.4) is 0 Å². The zero-order valence-electron chi connectivity index (χ0n) is 19.8. The van der Waals surface area contributed by atoms with Crippen LogP contribution in [-0.4, -0.2) is 23.4 Å². The van der Waals surface area contributed by atoms with Gasteiger partial charge in [0, 0.05) is 16.8 Å². The fourth-order valence-electron chi connectivity index (χ4n) is 2.98. The molecule has 2 aromatic rings. The molecule has 0 bridgehead atoms. The van der Waals surface area contributed by atoms with Crippen molar-refractivity contribution in [3.63, 3.8) is 0 Å². The Hall–Kier alpha value is -3.02. The summed E-state index contributed by atoms with van der Waals surface area (Å²) in [5, 5.41) is 5.57. The summed E-state index contributed by atoms with van der Waals surface area (Å²) in [6.07, 6.45) is -0.989. The standard InChI is InChI=1S/C25H34N2O4/c1-23(2,3)30-21(28)26-19-13-9-11-17(15-19)25(7,8)18-12-10-14-20(16-18)27-22(29)31-24(4,5)6/h9-16H,1-8H3,(H,26,28)(H,27,29). The Morgan fingerprint density at radius 1 is 0.645 bits per heavy atom. The van der Waals surface area contributed by atoms with Crippen LogP contribution in [0.5, 0.6) is 0 Å². The van der Waals surface area contributed by atoms with E-state index in [4.69, 9.17) is 9.47 Å². The van der Waals surface area contributed by atoms with E-state index in [0.29, 0.717) is 11.4 Å². The second kappa shape index (κ2) is 9.00. The van der Waals surface area contributed by atoms with Crippen molar-refractivity contribution in [2.45, 2.75) is 72.0 Å². The van der Waals surface area contributed by atoms with E-state index in [0.717, 1.165) is 11.1 Å². The van der Waals surface area contributed by atoms with Gasteiger partial charge in [-0.25, -0.2) is 9.59 Å². The van der Waals surface area contributed by atoms with E-state index >= 15 is 0 Å². The second-order valence-electron chi connectivity index (χ2n) is 10.0. The van der Waals surface area contributed by atoms with E-state index in [2.05, 4.69) is 24.5 Å². The van der Waals surface area contributed by atoms with Gasteiger partial charge >= 0.3 is 12.2 Å². The average molecular weight is 427 g/mol. The summed E-state index contributed by atoms with van der Waals surface area (Å²) in [5.74, 6) is 0.